The molecule has 0 fully saturated rings. The van der Waals surface area contributed by atoms with E-state index in [-0.39, 0.29) is 22.1 Å². The molecule has 1 aromatic carbocycles. The first-order valence-electron chi connectivity index (χ1n) is 8.90. The molecule has 32 heavy (non-hydrogen) atoms. The summed E-state index contributed by atoms with van der Waals surface area (Å²) in [5.74, 6) is -1.65. The van der Waals surface area contributed by atoms with Gasteiger partial charge in [0.05, 0.1) is 18.4 Å². The van der Waals surface area contributed by atoms with Gasteiger partial charge >= 0.3 is 6.18 Å². The fraction of sp³-hybridized carbons (Fsp3) is 0.158. The van der Waals surface area contributed by atoms with Crippen LogP contribution in [0.5, 0.6) is 0 Å². The molecule has 3 N–H and O–H groups in total. The Hall–Kier alpha value is -3.48. The lowest BCUT2D eigenvalue weighted by Crippen LogP contribution is -2.37. The SMILES string of the molecule is CONNC(=O)c1cc(Cl)cc(C)c1NC(=O)c1cc(C(F)(F)F)nn1-c1ccccn1. The van der Waals surface area contributed by atoms with Crippen LogP contribution in [-0.4, -0.2) is 33.7 Å². The predicted molar refractivity (Wildman–Crippen MR) is 108 cm³/mol. The van der Waals surface area contributed by atoms with Crippen LogP contribution in [0, 0.1) is 6.92 Å². The number of amides is 2. The molecule has 3 aromatic rings. The highest BCUT2D eigenvalue weighted by atomic mass is 35.5. The zero-order chi connectivity index (χ0) is 23.5. The summed E-state index contributed by atoms with van der Waals surface area (Å²) < 4.78 is 40.6. The molecule has 0 bridgehead atoms. The highest BCUT2D eigenvalue weighted by molar-refractivity contribution is 6.31. The summed E-state index contributed by atoms with van der Waals surface area (Å²) in [4.78, 5) is 33.9. The lowest BCUT2D eigenvalue weighted by atomic mass is 10.1. The van der Waals surface area contributed by atoms with Crippen molar-refractivity contribution in [1.29, 1.82) is 0 Å². The lowest BCUT2D eigenvalue weighted by Gasteiger charge is -2.15. The first-order valence-corrected chi connectivity index (χ1v) is 9.28. The highest BCUT2D eigenvalue weighted by Gasteiger charge is 2.36. The van der Waals surface area contributed by atoms with Gasteiger partial charge in [-0.15, -0.1) is 5.59 Å². The molecule has 0 saturated heterocycles. The number of hydrogen-bond donors (Lipinski definition) is 3. The Morgan fingerprint density at radius 3 is 2.53 bits per heavy atom. The third-order valence-corrected chi connectivity index (χ3v) is 4.37. The molecule has 0 radical (unpaired) electrons. The maximum atomic E-state index is 13.3. The number of nitrogens with zero attached hydrogens (tertiary/aromatic N) is 3. The minimum absolute atomic E-state index is 0.00300. The van der Waals surface area contributed by atoms with Gasteiger partial charge in [0.25, 0.3) is 11.8 Å². The highest BCUT2D eigenvalue weighted by Crippen LogP contribution is 2.30. The van der Waals surface area contributed by atoms with Gasteiger partial charge in [0.15, 0.2) is 11.5 Å². The van der Waals surface area contributed by atoms with Crippen LogP contribution in [0.2, 0.25) is 5.02 Å². The summed E-state index contributed by atoms with van der Waals surface area (Å²) in [5, 5.41) is 6.17. The zero-order valence-electron chi connectivity index (χ0n) is 16.6. The van der Waals surface area contributed by atoms with E-state index in [2.05, 4.69) is 31.3 Å². The maximum absolute atomic E-state index is 13.3. The number of nitrogens with one attached hydrogen (secondary N) is 3. The number of alkyl halides is 3. The monoisotopic (exact) mass is 468 g/mol. The third kappa shape index (κ3) is 5.04. The molecule has 0 aliphatic heterocycles. The smallest absolute Gasteiger partial charge is 0.320 e. The minimum atomic E-state index is -4.79. The van der Waals surface area contributed by atoms with Gasteiger partial charge in [-0.25, -0.2) is 9.67 Å². The summed E-state index contributed by atoms with van der Waals surface area (Å²) in [7, 11) is 1.27. The van der Waals surface area contributed by atoms with Gasteiger partial charge in [-0.05, 0) is 36.8 Å². The second-order valence-electron chi connectivity index (χ2n) is 6.37. The summed E-state index contributed by atoms with van der Waals surface area (Å²) in [5.41, 5.74) is 3.04. The van der Waals surface area contributed by atoms with Crippen molar-refractivity contribution in [3.63, 3.8) is 0 Å². The van der Waals surface area contributed by atoms with Crippen molar-refractivity contribution in [2.24, 2.45) is 0 Å². The van der Waals surface area contributed by atoms with Crippen molar-refractivity contribution in [1.82, 2.24) is 25.8 Å². The molecule has 0 aliphatic rings. The first-order chi connectivity index (χ1) is 15.1. The maximum Gasteiger partial charge on any atom is 0.435 e. The second-order valence-corrected chi connectivity index (χ2v) is 6.81. The fourth-order valence-electron chi connectivity index (χ4n) is 2.77. The Kier molecular flexibility index (Phi) is 6.77. The number of aryl methyl sites for hydroxylation is 1. The molecule has 9 nitrogen and oxygen atoms in total. The molecular formula is C19H16ClF3N6O3. The molecule has 2 heterocycles. The third-order valence-electron chi connectivity index (χ3n) is 4.15. The molecule has 2 amide bonds. The standard InChI is InChI=1S/C19H16ClF3N6O3/c1-10-7-11(20)8-12(17(30)26-28-32-2)16(10)25-18(31)13-9-14(19(21,22)23)27-29(13)15-5-3-4-6-24-15/h3-9,28H,1-2H3,(H,25,31)(H,26,30). The van der Waals surface area contributed by atoms with Crippen LogP contribution in [0.3, 0.4) is 0 Å². The normalized spacial score (nSPS) is 11.3. The van der Waals surface area contributed by atoms with Crippen molar-refractivity contribution in [2.75, 3.05) is 12.4 Å². The average Bonchev–Trinajstić information content (AvgIpc) is 3.20. The average molecular weight is 469 g/mol. The molecule has 13 heteroatoms. The second kappa shape index (κ2) is 9.34. The number of hydrogen-bond acceptors (Lipinski definition) is 6. The number of anilines is 1. The summed E-state index contributed by atoms with van der Waals surface area (Å²) in [6.07, 6.45) is -3.44. The van der Waals surface area contributed by atoms with Crippen LogP contribution in [-0.2, 0) is 11.0 Å². The number of benzene rings is 1. The predicted octanol–water partition coefficient (Wildman–Crippen LogP) is 3.30. The molecule has 0 spiro atoms. The molecule has 3 rings (SSSR count). The molecule has 2 aromatic heterocycles. The van der Waals surface area contributed by atoms with Crippen LogP contribution in [0.15, 0.2) is 42.6 Å². The van der Waals surface area contributed by atoms with E-state index in [1.165, 1.54) is 37.6 Å². The summed E-state index contributed by atoms with van der Waals surface area (Å²) in [6, 6.07) is 7.86. The minimum Gasteiger partial charge on any atom is -0.320 e. The number of hydrazine groups is 1. The van der Waals surface area contributed by atoms with Crippen molar-refractivity contribution >= 4 is 29.1 Å². The zero-order valence-corrected chi connectivity index (χ0v) is 17.4. The van der Waals surface area contributed by atoms with Gasteiger partial charge in [0, 0.05) is 17.3 Å². The van der Waals surface area contributed by atoms with Gasteiger partial charge in [-0.3, -0.25) is 19.9 Å². The number of aromatic nitrogens is 3. The molecule has 168 valence electrons. The number of pyridine rings is 1. The van der Waals surface area contributed by atoms with Crippen molar-refractivity contribution < 1.29 is 27.6 Å². The Morgan fingerprint density at radius 1 is 1.16 bits per heavy atom. The van der Waals surface area contributed by atoms with E-state index in [1.807, 2.05) is 0 Å². The Balaban J connectivity index is 2.04. The van der Waals surface area contributed by atoms with E-state index in [0.717, 1.165) is 4.68 Å². The van der Waals surface area contributed by atoms with E-state index in [0.29, 0.717) is 11.6 Å². The molecule has 0 unspecified atom stereocenters. The molecule has 0 atom stereocenters. The van der Waals surface area contributed by atoms with E-state index >= 15 is 0 Å². The van der Waals surface area contributed by atoms with Crippen LogP contribution >= 0.6 is 11.6 Å². The van der Waals surface area contributed by atoms with E-state index < -0.39 is 29.4 Å². The van der Waals surface area contributed by atoms with Crippen molar-refractivity contribution in [3.05, 3.63) is 70.1 Å². The van der Waals surface area contributed by atoms with Crippen LogP contribution < -0.4 is 16.3 Å². The Bertz CT molecular complexity index is 1150. The number of halogens is 4. The Labute approximate surface area is 184 Å². The molecular weight excluding hydrogens is 453 g/mol. The quantitative estimate of drug-likeness (QED) is 0.479. The van der Waals surface area contributed by atoms with Crippen LogP contribution in [0.1, 0.15) is 32.1 Å². The summed E-state index contributed by atoms with van der Waals surface area (Å²) in [6.45, 7) is 1.57. The van der Waals surface area contributed by atoms with Crippen LogP contribution in [0.25, 0.3) is 5.82 Å². The number of carbonyl (C=O) groups is 2. The summed E-state index contributed by atoms with van der Waals surface area (Å²) >= 11 is 6.02. The lowest BCUT2D eigenvalue weighted by molar-refractivity contribution is -0.141. The first kappa shape index (κ1) is 23.2. The molecule has 0 saturated carbocycles. The number of carbonyl (C=O) groups excluding carboxylic acids is 2. The van der Waals surface area contributed by atoms with Gasteiger partial charge in [-0.1, -0.05) is 17.7 Å². The van der Waals surface area contributed by atoms with Gasteiger partial charge in [0.2, 0.25) is 0 Å². The topological polar surface area (TPSA) is 110 Å². The Morgan fingerprint density at radius 2 is 1.91 bits per heavy atom. The van der Waals surface area contributed by atoms with Crippen molar-refractivity contribution in [2.45, 2.75) is 13.1 Å². The van der Waals surface area contributed by atoms with Crippen LogP contribution in [0.4, 0.5) is 18.9 Å². The van der Waals surface area contributed by atoms with Gasteiger partial charge in [-0.2, -0.15) is 18.3 Å². The van der Waals surface area contributed by atoms with Gasteiger partial charge in [0.1, 0.15) is 5.69 Å². The largest absolute Gasteiger partial charge is 0.435 e. The molecule has 0 aliphatic carbocycles. The van der Waals surface area contributed by atoms with E-state index in [9.17, 15) is 22.8 Å². The fourth-order valence-corrected chi connectivity index (χ4v) is 3.04. The van der Waals surface area contributed by atoms with Crippen molar-refractivity contribution in [3.8, 4) is 5.82 Å². The van der Waals surface area contributed by atoms with Gasteiger partial charge < -0.3 is 5.32 Å². The van der Waals surface area contributed by atoms with E-state index in [1.54, 1.807) is 13.0 Å². The number of rotatable bonds is 6. The van der Waals surface area contributed by atoms with E-state index in [4.69, 9.17) is 11.6 Å².